The van der Waals surface area contributed by atoms with Gasteiger partial charge in [-0.25, -0.2) is 4.99 Å². The van der Waals surface area contributed by atoms with Crippen molar-refractivity contribution in [3.05, 3.63) is 17.0 Å². The van der Waals surface area contributed by atoms with E-state index in [-0.39, 0.29) is 24.0 Å². The summed E-state index contributed by atoms with van der Waals surface area (Å²) in [7, 11) is 2.02. The summed E-state index contributed by atoms with van der Waals surface area (Å²) in [6.45, 7) is 12.6. The van der Waals surface area contributed by atoms with Crippen molar-refractivity contribution in [1.82, 2.24) is 20.4 Å². The summed E-state index contributed by atoms with van der Waals surface area (Å²) in [4.78, 5) is 4.76. The van der Waals surface area contributed by atoms with E-state index in [4.69, 9.17) is 9.73 Å². The molecule has 1 aromatic rings. The maximum Gasteiger partial charge on any atom is 0.191 e. The fourth-order valence-corrected chi connectivity index (χ4v) is 2.80. The highest BCUT2D eigenvalue weighted by Crippen LogP contribution is 2.16. The van der Waals surface area contributed by atoms with Gasteiger partial charge in [0.25, 0.3) is 0 Å². The minimum atomic E-state index is 0. The fraction of sp³-hybridized carbons (Fsp3) is 0.789. The number of halogens is 1. The largest absolute Gasteiger partial charge is 0.381 e. The summed E-state index contributed by atoms with van der Waals surface area (Å²) in [6.07, 6.45) is 5.23. The number of nitrogens with zero attached hydrogens (tertiary/aromatic N) is 3. The molecule has 0 radical (unpaired) electrons. The first-order chi connectivity index (χ1) is 12.2. The number of ether oxygens (including phenoxy) is 1. The first kappa shape index (κ1) is 25.2. The lowest BCUT2D eigenvalue weighted by Gasteiger charge is -2.12. The Morgan fingerprint density at radius 3 is 2.42 bits per heavy atom. The Balaban J connectivity index is 0.00000625. The smallest absolute Gasteiger partial charge is 0.191 e. The zero-order valence-corrected chi connectivity index (χ0v) is 19.6. The molecule has 7 heteroatoms. The molecule has 1 heterocycles. The minimum Gasteiger partial charge on any atom is -0.381 e. The Bertz CT molecular complexity index is 516. The second-order valence-corrected chi connectivity index (χ2v) is 6.14. The van der Waals surface area contributed by atoms with Crippen molar-refractivity contribution >= 4 is 29.9 Å². The second kappa shape index (κ2) is 15.2. The molecule has 0 aromatic carbocycles. The Morgan fingerprint density at radius 2 is 1.81 bits per heavy atom. The zero-order chi connectivity index (χ0) is 18.5. The predicted molar refractivity (Wildman–Crippen MR) is 121 cm³/mol. The van der Waals surface area contributed by atoms with E-state index in [2.05, 4.69) is 43.4 Å². The molecule has 0 unspecified atom stereocenters. The number of hydrogen-bond donors (Lipinski definition) is 2. The van der Waals surface area contributed by atoms with Gasteiger partial charge in [0.15, 0.2) is 5.96 Å². The molecule has 0 amide bonds. The van der Waals surface area contributed by atoms with E-state index in [0.717, 1.165) is 63.6 Å². The van der Waals surface area contributed by atoms with Crippen molar-refractivity contribution in [1.29, 1.82) is 0 Å². The number of rotatable bonds is 12. The Labute approximate surface area is 176 Å². The molecule has 0 aliphatic carbocycles. The minimum absolute atomic E-state index is 0. The van der Waals surface area contributed by atoms with Gasteiger partial charge in [-0.2, -0.15) is 5.10 Å². The van der Waals surface area contributed by atoms with Gasteiger partial charge in [-0.1, -0.05) is 27.2 Å². The van der Waals surface area contributed by atoms with Crippen LogP contribution in [0.25, 0.3) is 0 Å². The number of nitrogens with one attached hydrogen (secondary N) is 2. The van der Waals surface area contributed by atoms with Gasteiger partial charge in [-0.05, 0) is 32.6 Å². The zero-order valence-electron chi connectivity index (χ0n) is 17.2. The van der Waals surface area contributed by atoms with Gasteiger partial charge >= 0.3 is 0 Å². The molecule has 1 aromatic heterocycles. The van der Waals surface area contributed by atoms with E-state index in [1.165, 1.54) is 17.7 Å². The highest BCUT2D eigenvalue weighted by Gasteiger charge is 2.13. The van der Waals surface area contributed by atoms with Crippen molar-refractivity contribution < 1.29 is 4.74 Å². The number of guanidine groups is 1. The summed E-state index contributed by atoms with van der Waals surface area (Å²) in [5.74, 6) is 0.865. The Kier molecular flexibility index (Phi) is 14.8. The topological polar surface area (TPSA) is 63.5 Å². The molecule has 26 heavy (non-hydrogen) atoms. The standard InChI is InChI=1S/C19H37N5O.HI/c1-6-10-13-25-14-11-12-21-19(20-9-4)22-15-16-17(7-2)23-24(5)18(16)8-3;/h6-15H2,1-5H3,(H2,20,21,22);1H. The third-order valence-electron chi connectivity index (χ3n) is 4.17. The van der Waals surface area contributed by atoms with Crippen LogP contribution < -0.4 is 10.6 Å². The molecule has 0 aliphatic rings. The first-order valence-corrected chi connectivity index (χ1v) is 9.81. The quantitative estimate of drug-likeness (QED) is 0.209. The second-order valence-electron chi connectivity index (χ2n) is 6.14. The van der Waals surface area contributed by atoms with Gasteiger partial charge in [0.2, 0.25) is 0 Å². The first-order valence-electron chi connectivity index (χ1n) is 9.81. The fourth-order valence-electron chi connectivity index (χ4n) is 2.80. The molecule has 1 rings (SSSR count). The molecule has 2 N–H and O–H groups in total. The highest BCUT2D eigenvalue weighted by atomic mass is 127. The summed E-state index contributed by atoms with van der Waals surface area (Å²) in [5.41, 5.74) is 3.71. The lowest BCUT2D eigenvalue weighted by atomic mass is 10.1. The van der Waals surface area contributed by atoms with Gasteiger partial charge in [-0.15, -0.1) is 24.0 Å². The SMILES string of the molecule is CCCCOCCCNC(=NCc1c(CC)nn(C)c1CC)NCC.I. The van der Waals surface area contributed by atoms with Crippen LogP contribution in [-0.4, -0.2) is 42.0 Å². The summed E-state index contributed by atoms with van der Waals surface area (Å²) >= 11 is 0. The summed E-state index contributed by atoms with van der Waals surface area (Å²) < 4.78 is 7.59. The molecule has 0 aliphatic heterocycles. The number of unbranched alkanes of at least 4 members (excludes halogenated alkanes) is 1. The predicted octanol–water partition coefficient (Wildman–Crippen LogP) is 3.42. The van der Waals surface area contributed by atoms with Crippen LogP contribution in [0.4, 0.5) is 0 Å². The van der Waals surface area contributed by atoms with Crippen molar-refractivity contribution in [2.45, 2.75) is 66.3 Å². The van der Waals surface area contributed by atoms with E-state index >= 15 is 0 Å². The van der Waals surface area contributed by atoms with Gasteiger partial charge < -0.3 is 15.4 Å². The molecular weight excluding hydrogens is 441 g/mol. The van der Waals surface area contributed by atoms with Crippen molar-refractivity contribution in [3.8, 4) is 0 Å². The summed E-state index contributed by atoms with van der Waals surface area (Å²) in [6, 6.07) is 0. The molecule has 152 valence electrons. The number of aryl methyl sites for hydroxylation is 2. The number of aromatic nitrogens is 2. The lowest BCUT2D eigenvalue weighted by Crippen LogP contribution is -2.38. The Morgan fingerprint density at radius 1 is 1.08 bits per heavy atom. The summed E-state index contributed by atoms with van der Waals surface area (Å²) in [5, 5.41) is 11.3. The van der Waals surface area contributed by atoms with E-state index in [9.17, 15) is 0 Å². The highest BCUT2D eigenvalue weighted by molar-refractivity contribution is 14.0. The maximum atomic E-state index is 5.60. The Hall–Kier alpha value is -0.830. The molecule has 0 saturated heterocycles. The van der Waals surface area contributed by atoms with E-state index < -0.39 is 0 Å². The third kappa shape index (κ3) is 8.70. The van der Waals surface area contributed by atoms with E-state index in [0.29, 0.717) is 6.54 Å². The average molecular weight is 479 g/mol. The number of aliphatic imine (C=N–C) groups is 1. The van der Waals surface area contributed by atoms with Crippen LogP contribution in [0.5, 0.6) is 0 Å². The van der Waals surface area contributed by atoms with Crippen molar-refractivity contribution in [3.63, 3.8) is 0 Å². The van der Waals surface area contributed by atoms with Crippen LogP contribution in [0, 0.1) is 0 Å². The van der Waals surface area contributed by atoms with E-state index in [1.54, 1.807) is 0 Å². The molecule has 0 spiro atoms. The van der Waals surface area contributed by atoms with Crippen LogP contribution in [0.15, 0.2) is 4.99 Å². The van der Waals surface area contributed by atoms with Crippen LogP contribution in [0.1, 0.15) is 63.9 Å². The van der Waals surface area contributed by atoms with Gasteiger partial charge in [-0.3, -0.25) is 4.68 Å². The van der Waals surface area contributed by atoms with Crippen LogP contribution in [0.2, 0.25) is 0 Å². The lowest BCUT2D eigenvalue weighted by molar-refractivity contribution is 0.129. The maximum absolute atomic E-state index is 5.60. The van der Waals surface area contributed by atoms with E-state index in [1.807, 2.05) is 11.7 Å². The van der Waals surface area contributed by atoms with Crippen LogP contribution in [0.3, 0.4) is 0 Å². The van der Waals surface area contributed by atoms with Gasteiger partial charge in [0.1, 0.15) is 0 Å². The molecule has 0 saturated carbocycles. The van der Waals surface area contributed by atoms with Crippen molar-refractivity contribution in [2.24, 2.45) is 12.0 Å². The molecule has 0 bridgehead atoms. The van der Waals surface area contributed by atoms with Crippen LogP contribution in [-0.2, 0) is 31.2 Å². The van der Waals surface area contributed by atoms with Gasteiger partial charge in [0.05, 0.1) is 12.2 Å². The normalized spacial score (nSPS) is 11.3. The monoisotopic (exact) mass is 479 g/mol. The van der Waals surface area contributed by atoms with Crippen molar-refractivity contribution in [2.75, 3.05) is 26.3 Å². The molecule has 6 nitrogen and oxygen atoms in total. The van der Waals surface area contributed by atoms with Gasteiger partial charge in [0, 0.05) is 44.6 Å². The third-order valence-corrected chi connectivity index (χ3v) is 4.17. The molecule has 0 fully saturated rings. The number of hydrogen-bond acceptors (Lipinski definition) is 3. The molecule has 0 atom stereocenters. The average Bonchev–Trinajstić information content (AvgIpc) is 2.93. The molecular formula is C19H38IN5O. The van der Waals surface area contributed by atoms with Crippen LogP contribution >= 0.6 is 24.0 Å².